The van der Waals surface area contributed by atoms with Crippen LogP contribution in [0.1, 0.15) is 32.8 Å². The van der Waals surface area contributed by atoms with E-state index in [0.29, 0.717) is 31.0 Å². The smallest absolute Gasteiger partial charge is 0.227 e. The fraction of sp³-hybridized carbons (Fsp3) is 0.562. The van der Waals surface area contributed by atoms with Gasteiger partial charge in [0.05, 0.1) is 12.3 Å². The third-order valence-corrected chi connectivity index (χ3v) is 3.60. The molecular formula is C16H24N2O3. The lowest BCUT2D eigenvalue weighted by Crippen LogP contribution is -2.23. The van der Waals surface area contributed by atoms with Gasteiger partial charge in [-0.3, -0.25) is 4.79 Å². The zero-order valence-electron chi connectivity index (χ0n) is 12.9. The number of hydrogen-bond donors (Lipinski definition) is 2. The molecule has 0 spiro atoms. The second kappa shape index (κ2) is 6.80. The molecule has 5 heteroatoms. The first-order chi connectivity index (χ1) is 10.0. The molecule has 1 aliphatic rings. The summed E-state index contributed by atoms with van der Waals surface area (Å²) in [6.45, 7) is 6.87. The van der Waals surface area contributed by atoms with Crippen LogP contribution in [0.4, 0.5) is 5.69 Å². The molecule has 0 radical (unpaired) electrons. The van der Waals surface area contributed by atoms with E-state index in [1.54, 1.807) is 0 Å². The molecule has 1 aromatic rings. The van der Waals surface area contributed by atoms with Gasteiger partial charge in [0.25, 0.3) is 0 Å². The molecular weight excluding hydrogens is 268 g/mol. The molecule has 1 heterocycles. The molecule has 0 fully saturated rings. The first kappa shape index (κ1) is 15.6. The molecule has 0 aliphatic carbocycles. The second-order valence-corrected chi connectivity index (χ2v) is 5.49. The number of hydrogen-bond acceptors (Lipinski definition) is 4. The van der Waals surface area contributed by atoms with Gasteiger partial charge in [-0.25, -0.2) is 0 Å². The van der Waals surface area contributed by atoms with Gasteiger partial charge in [-0.05, 0) is 32.9 Å². The number of benzene rings is 1. The summed E-state index contributed by atoms with van der Waals surface area (Å²) in [5, 5.41) is 2.92. The van der Waals surface area contributed by atoms with Gasteiger partial charge in [-0.15, -0.1) is 0 Å². The Labute approximate surface area is 125 Å². The lowest BCUT2D eigenvalue weighted by Gasteiger charge is -2.16. The fourth-order valence-electron chi connectivity index (χ4n) is 2.45. The van der Waals surface area contributed by atoms with E-state index in [9.17, 15) is 4.79 Å². The number of rotatable bonds is 6. The highest BCUT2D eigenvalue weighted by molar-refractivity contribution is 5.94. The summed E-state index contributed by atoms with van der Waals surface area (Å²) in [5.74, 6) is 1.35. The molecule has 1 aliphatic heterocycles. The Kier molecular flexibility index (Phi) is 5.07. The number of anilines is 1. The van der Waals surface area contributed by atoms with Gasteiger partial charge in [0, 0.05) is 24.0 Å². The average molecular weight is 292 g/mol. The minimum Gasteiger partial charge on any atom is -0.492 e. The molecule has 116 valence electrons. The lowest BCUT2D eigenvalue weighted by atomic mass is 10.1. The van der Waals surface area contributed by atoms with Crippen LogP contribution in [-0.4, -0.2) is 25.2 Å². The molecule has 3 N–H and O–H groups in total. The minimum absolute atomic E-state index is 0.0487. The molecule has 0 saturated heterocycles. The first-order valence-electron chi connectivity index (χ1n) is 7.52. The Balaban J connectivity index is 2.21. The summed E-state index contributed by atoms with van der Waals surface area (Å²) in [4.78, 5) is 12.2. The van der Waals surface area contributed by atoms with Crippen LogP contribution in [0.2, 0.25) is 0 Å². The SMILES string of the molecule is CCOc1cc2c(cc1NC(=O)C(C)CCN)OC(C)C2. The Hall–Kier alpha value is -1.75. The van der Waals surface area contributed by atoms with Crippen LogP contribution in [0.25, 0.3) is 0 Å². The van der Waals surface area contributed by atoms with Gasteiger partial charge in [-0.2, -0.15) is 0 Å². The normalized spacial score (nSPS) is 17.8. The predicted molar refractivity (Wildman–Crippen MR) is 82.9 cm³/mol. The summed E-state index contributed by atoms with van der Waals surface area (Å²) in [6.07, 6.45) is 1.69. The van der Waals surface area contributed by atoms with Crippen LogP contribution in [0.5, 0.6) is 11.5 Å². The van der Waals surface area contributed by atoms with Crippen LogP contribution in [0.15, 0.2) is 12.1 Å². The first-order valence-corrected chi connectivity index (χ1v) is 7.52. The number of carbonyl (C=O) groups excluding carboxylic acids is 1. The van der Waals surface area contributed by atoms with Crippen molar-refractivity contribution in [1.82, 2.24) is 0 Å². The van der Waals surface area contributed by atoms with Crippen molar-refractivity contribution in [2.24, 2.45) is 11.7 Å². The van der Waals surface area contributed by atoms with Gasteiger partial charge in [-0.1, -0.05) is 6.92 Å². The van der Waals surface area contributed by atoms with E-state index in [1.165, 1.54) is 0 Å². The third-order valence-electron chi connectivity index (χ3n) is 3.60. The van der Waals surface area contributed by atoms with E-state index in [4.69, 9.17) is 15.2 Å². The predicted octanol–water partition coefficient (Wildman–Crippen LogP) is 2.33. The van der Waals surface area contributed by atoms with Gasteiger partial charge in [0.15, 0.2) is 0 Å². The second-order valence-electron chi connectivity index (χ2n) is 5.49. The van der Waals surface area contributed by atoms with Crippen molar-refractivity contribution in [2.45, 2.75) is 39.7 Å². The Morgan fingerprint density at radius 3 is 3.00 bits per heavy atom. The molecule has 0 aromatic heterocycles. The standard InChI is InChI=1S/C16H24N2O3/c1-4-20-15-8-12-7-11(3)21-14(12)9-13(15)18-16(19)10(2)5-6-17/h8-11H,4-7,17H2,1-3H3,(H,18,19). The van der Waals surface area contributed by atoms with E-state index in [2.05, 4.69) is 5.32 Å². The molecule has 2 atom stereocenters. The number of nitrogens with two attached hydrogens (primary N) is 1. The fourth-order valence-corrected chi connectivity index (χ4v) is 2.45. The van der Waals surface area contributed by atoms with E-state index < -0.39 is 0 Å². The highest BCUT2D eigenvalue weighted by Crippen LogP contribution is 2.38. The van der Waals surface area contributed by atoms with Crippen molar-refractivity contribution >= 4 is 11.6 Å². The van der Waals surface area contributed by atoms with Crippen molar-refractivity contribution in [3.05, 3.63) is 17.7 Å². The number of amides is 1. The van der Waals surface area contributed by atoms with Crippen LogP contribution < -0.4 is 20.5 Å². The lowest BCUT2D eigenvalue weighted by molar-refractivity contribution is -0.119. The maximum absolute atomic E-state index is 12.2. The molecule has 2 rings (SSSR count). The topological polar surface area (TPSA) is 73.6 Å². The van der Waals surface area contributed by atoms with E-state index in [-0.39, 0.29) is 17.9 Å². The maximum Gasteiger partial charge on any atom is 0.227 e. The summed E-state index contributed by atoms with van der Waals surface area (Å²) in [6, 6.07) is 3.82. The van der Waals surface area contributed by atoms with Crippen molar-refractivity contribution in [2.75, 3.05) is 18.5 Å². The number of carbonyl (C=O) groups is 1. The maximum atomic E-state index is 12.2. The van der Waals surface area contributed by atoms with Gasteiger partial charge >= 0.3 is 0 Å². The summed E-state index contributed by atoms with van der Waals surface area (Å²) in [7, 11) is 0. The molecule has 1 aromatic carbocycles. The van der Waals surface area contributed by atoms with Crippen LogP contribution in [0.3, 0.4) is 0 Å². The van der Waals surface area contributed by atoms with E-state index in [0.717, 1.165) is 17.7 Å². The molecule has 5 nitrogen and oxygen atoms in total. The Morgan fingerprint density at radius 2 is 2.33 bits per heavy atom. The quantitative estimate of drug-likeness (QED) is 0.844. The van der Waals surface area contributed by atoms with Gasteiger partial charge < -0.3 is 20.5 Å². The molecule has 2 unspecified atom stereocenters. The Morgan fingerprint density at radius 1 is 1.57 bits per heavy atom. The molecule has 0 bridgehead atoms. The Bertz CT molecular complexity index is 516. The molecule has 0 saturated carbocycles. The van der Waals surface area contributed by atoms with Crippen molar-refractivity contribution in [1.29, 1.82) is 0 Å². The minimum atomic E-state index is -0.127. The zero-order chi connectivity index (χ0) is 15.4. The largest absolute Gasteiger partial charge is 0.492 e. The molecule has 1 amide bonds. The van der Waals surface area contributed by atoms with Gasteiger partial charge in [0.1, 0.15) is 17.6 Å². The third kappa shape index (κ3) is 3.67. The number of nitrogens with one attached hydrogen (secondary N) is 1. The van der Waals surface area contributed by atoms with Gasteiger partial charge in [0.2, 0.25) is 5.91 Å². The van der Waals surface area contributed by atoms with Crippen LogP contribution >= 0.6 is 0 Å². The molecule has 21 heavy (non-hydrogen) atoms. The summed E-state index contributed by atoms with van der Waals surface area (Å²) in [5.41, 5.74) is 7.29. The summed E-state index contributed by atoms with van der Waals surface area (Å²) >= 11 is 0. The summed E-state index contributed by atoms with van der Waals surface area (Å²) < 4.78 is 11.4. The monoisotopic (exact) mass is 292 g/mol. The van der Waals surface area contributed by atoms with Crippen molar-refractivity contribution in [3.63, 3.8) is 0 Å². The highest BCUT2D eigenvalue weighted by Gasteiger charge is 2.23. The van der Waals surface area contributed by atoms with Crippen LogP contribution in [0, 0.1) is 5.92 Å². The zero-order valence-corrected chi connectivity index (χ0v) is 12.9. The van der Waals surface area contributed by atoms with Crippen LogP contribution in [-0.2, 0) is 11.2 Å². The number of ether oxygens (including phenoxy) is 2. The van der Waals surface area contributed by atoms with E-state index in [1.807, 2.05) is 32.9 Å². The average Bonchev–Trinajstić information content (AvgIpc) is 2.78. The van der Waals surface area contributed by atoms with Crippen molar-refractivity contribution in [3.8, 4) is 11.5 Å². The highest BCUT2D eigenvalue weighted by atomic mass is 16.5. The number of fused-ring (bicyclic) bond motifs is 1. The van der Waals surface area contributed by atoms with Crippen molar-refractivity contribution < 1.29 is 14.3 Å². The van der Waals surface area contributed by atoms with E-state index >= 15 is 0 Å².